The van der Waals surface area contributed by atoms with Crippen molar-refractivity contribution in [1.29, 1.82) is 0 Å². The predicted octanol–water partition coefficient (Wildman–Crippen LogP) is 1.73. The van der Waals surface area contributed by atoms with Crippen molar-refractivity contribution in [2.24, 2.45) is 0 Å². The molecule has 0 saturated heterocycles. The molecule has 0 bridgehead atoms. The summed E-state index contributed by atoms with van der Waals surface area (Å²) in [7, 11) is 0. The van der Waals surface area contributed by atoms with E-state index in [0.717, 1.165) is 13.8 Å². The summed E-state index contributed by atoms with van der Waals surface area (Å²) in [5, 5.41) is 0. The van der Waals surface area contributed by atoms with Crippen LogP contribution in [0.1, 0.15) is 0 Å². The maximum absolute atomic E-state index is 3.16. The van der Waals surface area contributed by atoms with Crippen molar-refractivity contribution in [3.8, 4) is 0 Å². The van der Waals surface area contributed by atoms with Crippen molar-refractivity contribution in [3.63, 3.8) is 0 Å². The van der Waals surface area contributed by atoms with Gasteiger partial charge in [-0.15, -0.1) is 0 Å². The van der Waals surface area contributed by atoms with Gasteiger partial charge in [0, 0.05) is 22.4 Å². The minimum atomic E-state index is 0. The summed E-state index contributed by atoms with van der Waals surface area (Å²) >= 11 is 6.25. The van der Waals surface area contributed by atoms with Gasteiger partial charge in [-0.05, 0) is 0 Å². The SMILES string of the molecule is [Ag].[Br][Ag][I]. The summed E-state index contributed by atoms with van der Waals surface area (Å²) in [4.78, 5) is 0. The molecule has 0 aromatic rings. The number of rotatable bonds is 0. The van der Waals surface area contributed by atoms with E-state index in [4.69, 9.17) is 0 Å². The molecule has 4 heavy (non-hydrogen) atoms. The Morgan fingerprint density at radius 3 is 1.75 bits per heavy atom. The summed E-state index contributed by atoms with van der Waals surface area (Å²) in [5.74, 6) is 0. The molecule has 36 valence electrons. The molecule has 0 heterocycles. The van der Waals surface area contributed by atoms with Crippen LogP contribution in [0.25, 0.3) is 0 Å². The van der Waals surface area contributed by atoms with E-state index in [-0.39, 0.29) is 22.4 Å². The van der Waals surface area contributed by atoms with E-state index < -0.39 is 0 Å². The van der Waals surface area contributed by atoms with Crippen LogP contribution in [0.2, 0.25) is 0 Å². The second-order valence-corrected chi connectivity index (χ2v) is 8.88. The zero-order valence-corrected chi connectivity index (χ0v) is 8.07. The molecule has 0 amide bonds. The van der Waals surface area contributed by atoms with E-state index in [0.29, 0.717) is 0 Å². The van der Waals surface area contributed by atoms with Crippen LogP contribution in [0.4, 0.5) is 0 Å². The Balaban J connectivity index is 0. The molecule has 0 spiro atoms. The fraction of sp³-hybridized carbons (Fsp3) is 0. The topological polar surface area (TPSA) is 0 Å². The Labute approximate surface area is 66.8 Å². The third-order valence-electron chi connectivity index (χ3n) is 0. The first-order chi connectivity index (χ1) is 1.41. The average molecular weight is 423 g/mol. The number of halogens is 2. The van der Waals surface area contributed by atoms with E-state index in [1.807, 2.05) is 0 Å². The van der Waals surface area contributed by atoms with Crippen molar-refractivity contribution >= 4 is 32.0 Å². The molecule has 0 aliphatic carbocycles. The Kier molecular flexibility index (Phi) is 22.6. The Morgan fingerprint density at radius 1 is 1.75 bits per heavy atom. The standard InChI is InChI=1S/2Ag.BrH.HI/h;;2*1H/q;+2;;/p-2. The van der Waals surface area contributed by atoms with Gasteiger partial charge < -0.3 is 0 Å². The summed E-state index contributed by atoms with van der Waals surface area (Å²) in [6.45, 7) is 0. The Bertz CT molecular complexity index is 6.00. The summed E-state index contributed by atoms with van der Waals surface area (Å²) in [5.41, 5.74) is 0. The molecule has 0 rings (SSSR count). The molecule has 0 N–H and O–H groups in total. The normalized spacial score (nSPS) is 5.50. The molecule has 0 fully saturated rings. The zero-order valence-electron chi connectivity index (χ0n) is 1.36. The van der Waals surface area contributed by atoms with Crippen LogP contribution < -0.4 is 0 Å². The van der Waals surface area contributed by atoms with E-state index in [9.17, 15) is 0 Å². The molecule has 0 nitrogen and oxygen atoms in total. The van der Waals surface area contributed by atoms with E-state index in [1.165, 1.54) is 0 Å². The molecule has 0 aromatic carbocycles. The molecular formula is Ag2BrI. The zero-order chi connectivity index (χ0) is 2.71. The number of hydrogen-bond donors (Lipinski definition) is 0. The van der Waals surface area contributed by atoms with Crippen LogP contribution in [0.5, 0.6) is 0 Å². The van der Waals surface area contributed by atoms with Gasteiger partial charge in [-0.2, -0.15) is 0 Å². The first-order valence-corrected chi connectivity index (χ1v) is 8.03. The van der Waals surface area contributed by atoms with Gasteiger partial charge in [-0.1, -0.05) is 0 Å². The van der Waals surface area contributed by atoms with Gasteiger partial charge in [0.05, 0.1) is 0 Å². The van der Waals surface area contributed by atoms with Crippen LogP contribution in [0.3, 0.4) is 0 Å². The molecule has 0 atom stereocenters. The van der Waals surface area contributed by atoms with Crippen LogP contribution in [-0.2, 0) is 36.2 Å². The molecule has 4 heteroatoms. The third-order valence-corrected chi connectivity index (χ3v) is 0. The van der Waals surface area contributed by atoms with Gasteiger partial charge in [0.25, 0.3) is 0 Å². The fourth-order valence-corrected chi connectivity index (χ4v) is 0. The number of hydrogen-bond acceptors (Lipinski definition) is 0. The Morgan fingerprint density at radius 2 is 1.75 bits per heavy atom. The van der Waals surface area contributed by atoms with Crippen LogP contribution in [-0.4, -0.2) is 0 Å². The maximum atomic E-state index is 3.16. The van der Waals surface area contributed by atoms with Crippen LogP contribution >= 0.6 is 32.0 Å². The van der Waals surface area contributed by atoms with Crippen molar-refractivity contribution in [1.82, 2.24) is 0 Å². The fourth-order valence-electron chi connectivity index (χ4n) is 0. The molecule has 1 radical (unpaired) electrons. The quantitative estimate of drug-likeness (QED) is 0.412. The second kappa shape index (κ2) is 9.19. The summed E-state index contributed by atoms with van der Waals surface area (Å²) < 4.78 is 0. The third kappa shape index (κ3) is 8.83. The molecule has 0 aliphatic rings. The van der Waals surface area contributed by atoms with Crippen molar-refractivity contribution in [2.75, 3.05) is 0 Å². The minimum absolute atomic E-state index is 0. The van der Waals surface area contributed by atoms with Crippen molar-refractivity contribution in [3.05, 3.63) is 0 Å². The van der Waals surface area contributed by atoms with Crippen molar-refractivity contribution in [2.45, 2.75) is 0 Å². The Hall–Kier alpha value is 2.69. The van der Waals surface area contributed by atoms with Crippen LogP contribution in [0.15, 0.2) is 0 Å². The van der Waals surface area contributed by atoms with E-state index >= 15 is 0 Å². The monoisotopic (exact) mass is 420 g/mol. The predicted molar refractivity (Wildman–Crippen MR) is 22.9 cm³/mol. The van der Waals surface area contributed by atoms with Gasteiger partial charge in [0.2, 0.25) is 0 Å². The van der Waals surface area contributed by atoms with Gasteiger partial charge >= 0.3 is 45.9 Å². The van der Waals surface area contributed by atoms with Gasteiger partial charge in [0.1, 0.15) is 0 Å². The van der Waals surface area contributed by atoms with Crippen molar-refractivity contribution < 1.29 is 36.2 Å². The van der Waals surface area contributed by atoms with Gasteiger partial charge in [-0.3, -0.25) is 0 Å². The first kappa shape index (κ1) is 9.85. The average Bonchev–Trinajstić information content (AvgIpc) is 0.918. The first-order valence-electron chi connectivity index (χ1n) is 0.228. The molecule has 0 saturated carbocycles. The molecule has 0 aliphatic heterocycles. The molecular weight excluding hydrogens is 423 g/mol. The second-order valence-electron chi connectivity index (χ2n) is 0.0431. The summed E-state index contributed by atoms with van der Waals surface area (Å²) in [6, 6.07) is 0. The van der Waals surface area contributed by atoms with Gasteiger partial charge in [-0.25, -0.2) is 0 Å². The van der Waals surface area contributed by atoms with Gasteiger partial charge in [0.15, 0.2) is 0 Å². The summed E-state index contributed by atoms with van der Waals surface area (Å²) in [6.07, 6.45) is 0. The van der Waals surface area contributed by atoms with E-state index in [1.54, 1.807) is 0 Å². The molecule has 0 unspecified atom stereocenters. The van der Waals surface area contributed by atoms with Crippen LogP contribution in [0, 0.1) is 0 Å². The molecule has 0 aromatic heterocycles. The van der Waals surface area contributed by atoms with E-state index in [2.05, 4.69) is 32.0 Å².